The highest BCUT2D eigenvalue weighted by molar-refractivity contribution is 5.58. The van der Waals surface area contributed by atoms with Crippen molar-refractivity contribution in [2.45, 2.75) is 84.0 Å². The van der Waals surface area contributed by atoms with Crippen molar-refractivity contribution in [1.82, 2.24) is 0 Å². The van der Waals surface area contributed by atoms with Crippen LogP contribution in [0.5, 0.6) is 28.7 Å². The number of benzene rings is 3. The molecule has 0 aliphatic rings. The smallest absolute Gasteiger partial charge is 0.123 e. The summed E-state index contributed by atoms with van der Waals surface area (Å²) in [6, 6.07) is 13.1. The van der Waals surface area contributed by atoms with Crippen LogP contribution in [0.2, 0.25) is 0 Å². The number of phenolic OH excluding ortho intramolecular Hbond substituents is 5. The highest BCUT2D eigenvalue weighted by Gasteiger charge is 2.26. The van der Waals surface area contributed by atoms with Gasteiger partial charge in [0.25, 0.3) is 0 Å². The Labute approximate surface area is 214 Å². The van der Waals surface area contributed by atoms with Crippen molar-refractivity contribution in [3.63, 3.8) is 0 Å². The molecule has 36 heavy (non-hydrogen) atoms. The molecule has 0 bridgehead atoms. The van der Waals surface area contributed by atoms with Crippen molar-refractivity contribution in [2.24, 2.45) is 0 Å². The van der Waals surface area contributed by atoms with Crippen molar-refractivity contribution in [3.05, 3.63) is 76.3 Å². The minimum absolute atomic E-state index is 0.0500. The Balaban J connectivity index is 2.10. The van der Waals surface area contributed by atoms with Crippen LogP contribution in [0, 0.1) is 0 Å². The van der Waals surface area contributed by atoms with E-state index in [9.17, 15) is 25.5 Å². The number of aryl methyl sites for hydroxylation is 2. The van der Waals surface area contributed by atoms with E-state index in [4.69, 9.17) is 0 Å². The first kappa shape index (κ1) is 27.3. The number of aromatic hydroxyl groups is 5. The molecule has 0 spiro atoms. The molecule has 0 radical (unpaired) electrons. The van der Waals surface area contributed by atoms with E-state index in [-0.39, 0.29) is 28.7 Å². The van der Waals surface area contributed by atoms with E-state index in [0.29, 0.717) is 29.5 Å². The topological polar surface area (TPSA) is 101 Å². The Hall–Kier alpha value is -3.34. The van der Waals surface area contributed by atoms with Crippen molar-refractivity contribution < 1.29 is 25.5 Å². The molecule has 5 N–H and O–H groups in total. The van der Waals surface area contributed by atoms with Crippen LogP contribution in [0.1, 0.15) is 98.9 Å². The normalized spacial score (nSPS) is 11.3. The second-order valence-corrected chi connectivity index (χ2v) is 9.73. The summed E-state index contributed by atoms with van der Waals surface area (Å²) < 4.78 is 0. The van der Waals surface area contributed by atoms with E-state index in [2.05, 4.69) is 13.8 Å². The second kappa shape index (κ2) is 13.1. The van der Waals surface area contributed by atoms with Crippen LogP contribution in [-0.2, 0) is 12.8 Å². The van der Waals surface area contributed by atoms with Gasteiger partial charge in [0.1, 0.15) is 28.7 Å². The zero-order valence-electron chi connectivity index (χ0n) is 21.5. The summed E-state index contributed by atoms with van der Waals surface area (Å²) in [7, 11) is 0. The average Bonchev–Trinajstić information content (AvgIpc) is 2.84. The molecule has 0 atom stereocenters. The third-order valence-corrected chi connectivity index (χ3v) is 6.88. The van der Waals surface area contributed by atoms with Gasteiger partial charge in [0.15, 0.2) is 0 Å². The van der Waals surface area contributed by atoms with Gasteiger partial charge in [-0.3, -0.25) is 0 Å². The van der Waals surface area contributed by atoms with Gasteiger partial charge in [-0.2, -0.15) is 0 Å². The molecule has 194 valence electrons. The standard InChI is InChI=1S/C31H40O5/c1-3-5-7-9-12-21-17-25(29(35)19-27(21)33)31(23-14-11-15-24(32)16-23)26-18-22(13-10-8-6-4-2)28(34)20-30(26)36/h11,14-20,31-36H,3-10,12-13H2,1-2H3. The first-order valence-corrected chi connectivity index (χ1v) is 13.2. The fourth-order valence-corrected chi connectivity index (χ4v) is 4.86. The Morgan fingerprint density at radius 3 is 1.50 bits per heavy atom. The largest absolute Gasteiger partial charge is 0.508 e. The predicted molar refractivity (Wildman–Crippen MR) is 144 cm³/mol. The first-order chi connectivity index (χ1) is 17.3. The molecule has 5 nitrogen and oxygen atoms in total. The summed E-state index contributed by atoms with van der Waals surface area (Å²) in [5.41, 5.74) is 3.22. The minimum atomic E-state index is -0.609. The number of hydrogen-bond donors (Lipinski definition) is 5. The molecule has 0 unspecified atom stereocenters. The number of hydrogen-bond acceptors (Lipinski definition) is 5. The summed E-state index contributed by atoms with van der Waals surface area (Å²) in [5.74, 6) is -0.608. The van der Waals surface area contributed by atoms with Gasteiger partial charge in [-0.1, -0.05) is 64.5 Å². The Bertz CT molecular complexity index is 1070. The average molecular weight is 493 g/mol. The van der Waals surface area contributed by atoms with Crippen molar-refractivity contribution >= 4 is 0 Å². The molecule has 0 amide bonds. The maximum atomic E-state index is 10.9. The van der Waals surface area contributed by atoms with Crippen LogP contribution >= 0.6 is 0 Å². The molecule has 0 aromatic heterocycles. The van der Waals surface area contributed by atoms with E-state index in [1.54, 1.807) is 30.3 Å². The highest BCUT2D eigenvalue weighted by Crippen LogP contribution is 2.45. The lowest BCUT2D eigenvalue weighted by molar-refractivity contribution is 0.434. The Morgan fingerprint density at radius 1 is 0.556 bits per heavy atom. The maximum absolute atomic E-state index is 10.9. The summed E-state index contributed by atoms with van der Waals surface area (Å²) >= 11 is 0. The molecule has 0 aliphatic heterocycles. The monoisotopic (exact) mass is 492 g/mol. The molecule has 0 aliphatic carbocycles. The maximum Gasteiger partial charge on any atom is 0.123 e. The van der Waals surface area contributed by atoms with Gasteiger partial charge in [0.05, 0.1) is 0 Å². The highest BCUT2D eigenvalue weighted by atomic mass is 16.3. The molecule has 5 heteroatoms. The molecule has 3 rings (SSSR count). The lowest BCUT2D eigenvalue weighted by atomic mass is 9.82. The SMILES string of the molecule is CCCCCCc1cc(C(c2cccc(O)c2)c2cc(CCCCCC)c(O)cc2O)c(O)cc1O. The Kier molecular flexibility index (Phi) is 9.92. The van der Waals surface area contributed by atoms with Gasteiger partial charge >= 0.3 is 0 Å². The van der Waals surface area contributed by atoms with Crippen LogP contribution in [0.4, 0.5) is 0 Å². The van der Waals surface area contributed by atoms with Gasteiger partial charge in [-0.15, -0.1) is 0 Å². The number of unbranched alkanes of at least 4 members (excludes halogenated alkanes) is 6. The summed E-state index contributed by atoms with van der Waals surface area (Å²) in [5, 5.41) is 53.2. The number of rotatable bonds is 13. The molecular weight excluding hydrogens is 452 g/mol. The molecule has 0 heterocycles. The summed E-state index contributed by atoms with van der Waals surface area (Å²) in [6.45, 7) is 4.30. The zero-order valence-corrected chi connectivity index (χ0v) is 21.5. The van der Waals surface area contributed by atoms with E-state index in [1.165, 1.54) is 12.1 Å². The molecule has 3 aromatic rings. The molecule has 3 aromatic carbocycles. The lowest BCUT2D eigenvalue weighted by Gasteiger charge is -2.23. The molecule has 0 saturated carbocycles. The third kappa shape index (κ3) is 6.87. The van der Waals surface area contributed by atoms with Crippen LogP contribution in [0.3, 0.4) is 0 Å². The summed E-state index contributed by atoms with van der Waals surface area (Å²) in [4.78, 5) is 0. The minimum Gasteiger partial charge on any atom is -0.508 e. The van der Waals surface area contributed by atoms with Crippen LogP contribution in [0.25, 0.3) is 0 Å². The predicted octanol–water partition coefficient (Wildman–Crippen LogP) is 7.64. The molecule has 0 fully saturated rings. The summed E-state index contributed by atoms with van der Waals surface area (Å²) in [6.07, 6.45) is 9.81. The van der Waals surface area contributed by atoms with Crippen LogP contribution in [0.15, 0.2) is 48.5 Å². The van der Waals surface area contributed by atoms with Gasteiger partial charge < -0.3 is 25.5 Å². The zero-order chi connectivity index (χ0) is 26.1. The third-order valence-electron chi connectivity index (χ3n) is 6.88. The van der Waals surface area contributed by atoms with Gasteiger partial charge in [-0.25, -0.2) is 0 Å². The molecule has 0 saturated heterocycles. The second-order valence-electron chi connectivity index (χ2n) is 9.73. The van der Waals surface area contributed by atoms with Crippen molar-refractivity contribution in [3.8, 4) is 28.7 Å². The van der Waals surface area contributed by atoms with E-state index in [1.807, 2.05) is 6.07 Å². The fourth-order valence-electron chi connectivity index (χ4n) is 4.86. The van der Waals surface area contributed by atoms with Crippen molar-refractivity contribution in [2.75, 3.05) is 0 Å². The number of phenols is 5. The first-order valence-electron chi connectivity index (χ1n) is 13.2. The van der Waals surface area contributed by atoms with Crippen LogP contribution < -0.4 is 0 Å². The van der Waals surface area contributed by atoms with Crippen molar-refractivity contribution in [1.29, 1.82) is 0 Å². The Morgan fingerprint density at radius 2 is 1.06 bits per heavy atom. The lowest BCUT2D eigenvalue weighted by Crippen LogP contribution is -2.06. The van der Waals surface area contributed by atoms with Gasteiger partial charge in [-0.05, 0) is 66.6 Å². The van der Waals surface area contributed by atoms with Gasteiger partial charge in [0.2, 0.25) is 0 Å². The fraction of sp³-hybridized carbons (Fsp3) is 0.419. The van der Waals surface area contributed by atoms with Gasteiger partial charge in [0, 0.05) is 29.2 Å². The molecular formula is C31H40O5. The van der Waals surface area contributed by atoms with Crippen LogP contribution in [-0.4, -0.2) is 25.5 Å². The van der Waals surface area contributed by atoms with E-state index >= 15 is 0 Å². The quantitative estimate of drug-likeness (QED) is 0.125. The van der Waals surface area contributed by atoms with E-state index in [0.717, 1.165) is 62.5 Å². The van der Waals surface area contributed by atoms with E-state index < -0.39 is 5.92 Å².